The summed E-state index contributed by atoms with van der Waals surface area (Å²) in [5.41, 5.74) is 2.42. The van der Waals surface area contributed by atoms with Crippen LogP contribution in [0.4, 0.5) is 0 Å². The average molecular weight is 355 g/mol. The summed E-state index contributed by atoms with van der Waals surface area (Å²) in [4.78, 5) is 12.0. The van der Waals surface area contributed by atoms with E-state index in [1.54, 1.807) is 23.2 Å². The van der Waals surface area contributed by atoms with Crippen LogP contribution < -0.4 is 5.69 Å². The largest absolute Gasteiger partial charge is 0.388 e. The molecule has 1 N–H and O–H groups in total. The number of fused-ring (bicyclic) bond motifs is 1. The molecule has 0 saturated carbocycles. The molecule has 6 heteroatoms. The topological polar surface area (TPSA) is 56.4 Å². The summed E-state index contributed by atoms with van der Waals surface area (Å²) in [6.07, 6.45) is 0.441. The second kappa shape index (κ2) is 5.26. The molecule has 1 fully saturated rings. The van der Waals surface area contributed by atoms with Gasteiger partial charge in [0.15, 0.2) is 0 Å². The van der Waals surface area contributed by atoms with Crippen LogP contribution in [0, 0.1) is 5.92 Å². The monoisotopic (exact) mass is 354 g/mol. The van der Waals surface area contributed by atoms with Crippen LogP contribution in [0.1, 0.15) is 25.0 Å². The van der Waals surface area contributed by atoms with Gasteiger partial charge < -0.3 is 9.84 Å². The van der Waals surface area contributed by atoms with E-state index in [0.717, 1.165) is 27.5 Å². The van der Waals surface area contributed by atoms with Crippen molar-refractivity contribution >= 4 is 27.0 Å². The highest BCUT2D eigenvalue weighted by atomic mass is 79.9. The lowest BCUT2D eigenvalue weighted by molar-refractivity contribution is 0.0801. The zero-order valence-electron chi connectivity index (χ0n) is 12.3. The molecule has 0 aliphatic carbocycles. The predicted molar refractivity (Wildman–Crippen MR) is 84.3 cm³/mol. The summed E-state index contributed by atoms with van der Waals surface area (Å²) in [6, 6.07) is 3.79. The molecule has 1 aliphatic rings. The van der Waals surface area contributed by atoms with Crippen LogP contribution in [-0.4, -0.2) is 27.0 Å². The van der Waals surface area contributed by atoms with Gasteiger partial charge in [0.05, 0.1) is 29.8 Å². The summed E-state index contributed by atoms with van der Waals surface area (Å²) in [5.74, 6) is 0.0921. The maximum absolute atomic E-state index is 12.0. The van der Waals surface area contributed by atoms with Gasteiger partial charge in [-0.1, -0.05) is 15.9 Å². The van der Waals surface area contributed by atoms with Crippen molar-refractivity contribution in [2.75, 3.05) is 6.61 Å². The zero-order chi connectivity index (χ0) is 15.3. The molecule has 114 valence electrons. The lowest BCUT2D eigenvalue weighted by Crippen LogP contribution is -2.19. The number of nitrogens with zero attached hydrogens (tertiary/aromatic N) is 2. The second-order valence-electron chi connectivity index (χ2n) is 5.85. The maximum Gasteiger partial charge on any atom is 0.328 e. The standard InChI is InChI=1S/C15H19BrN2O3/c1-8-4-9(7-21-8)14(19)10-5-12-13(6-11(10)16)18(3)15(20)17(12)2/h5-6,8-9,14,19H,4,7H2,1-3H3. The highest BCUT2D eigenvalue weighted by Gasteiger charge is 2.30. The van der Waals surface area contributed by atoms with Gasteiger partial charge in [-0.2, -0.15) is 0 Å². The Bertz CT molecular complexity index is 749. The van der Waals surface area contributed by atoms with E-state index >= 15 is 0 Å². The first-order valence-corrected chi connectivity index (χ1v) is 7.84. The number of rotatable bonds is 2. The van der Waals surface area contributed by atoms with Gasteiger partial charge in [-0.3, -0.25) is 9.13 Å². The Morgan fingerprint density at radius 2 is 1.95 bits per heavy atom. The average Bonchev–Trinajstić information content (AvgIpc) is 2.97. The van der Waals surface area contributed by atoms with Crippen LogP contribution in [0.3, 0.4) is 0 Å². The molecule has 0 radical (unpaired) electrons. The Kier molecular flexibility index (Phi) is 3.71. The summed E-state index contributed by atoms with van der Waals surface area (Å²) in [6.45, 7) is 2.59. The summed E-state index contributed by atoms with van der Waals surface area (Å²) >= 11 is 3.52. The molecule has 0 bridgehead atoms. The van der Waals surface area contributed by atoms with Crippen molar-refractivity contribution in [1.82, 2.24) is 9.13 Å². The predicted octanol–water partition coefficient (Wildman–Crippen LogP) is 2.10. The fraction of sp³-hybridized carbons (Fsp3) is 0.533. The molecule has 1 saturated heterocycles. The number of aliphatic hydroxyl groups excluding tert-OH is 1. The van der Waals surface area contributed by atoms with E-state index in [4.69, 9.17) is 4.74 Å². The van der Waals surface area contributed by atoms with Gasteiger partial charge in [0.2, 0.25) is 0 Å². The van der Waals surface area contributed by atoms with E-state index in [0.29, 0.717) is 6.61 Å². The number of aliphatic hydroxyl groups is 1. The normalized spacial score (nSPS) is 23.9. The van der Waals surface area contributed by atoms with Crippen molar-refractivity contribution in [2.45, 2.75) is 25.6 Å². The van der Waals surface area contributed by atoms with Crippen LogP contribution in [0.5, 0.6) is 0 Å². The number of benzene rings is 1. The lowest BCUT2D eigenvalue weighted by Gasteiger charge is -2.18. The van der Waals surface area contributed by atoms with Crippen LogP contribution in [0.2, 0.25) is 0 Å². The molecule has 3 atom stereocenters. The van der Waals surface area contributed by atoms with Crippen molar-refractivity contribution in [2.24, 2.45) is 20.0 Å². The van der Waals surface area contributed by atoms with E-state index in [1.807, 2.05) is 19.1 Å². The first-order chi connectivity index (χ1) is 9.90. The Morgan fingerprint density at radius 3 is 2.52 bits per heavy atom. The SMILES string of the molecule is CC1CC(C(O)c2cc3c(cc2Br)n(C)c(=O)n3C)CO1. The third-order valence-electron chi connectivity index (χ3n) is 4.39. The highest BCUT2D eigenvalue weighted by molar-refractivity contribution is 9.10. The number of halogens is 1. The number of aromatic nitrogens is 2. The maximum atomic E-state index is 12.0. The Labute approximate surface area is 131 Å². The molecular formula is C15H19BrN2O3. The second-order valence-corrected chi connectivity index (χ2v) is 6.70. The van der Waals surface area contributed by atoms with E-state index in [-0.39, 0.29) is 17.7 Å². The van der Waals surface area contributed by atoms with Crippen LogP contribution in [0.25, 0.3) is 11.0 Å². The number of aryl methyl sites for hydroxylation is 2. The van der Waals surface area contributed by atoms with Gasteiger partial charge in [0.1, 0.15) is 0 Å². The number of ether oxygens (including phenoxy) is 1. The van der Waals surface area contributed by atoms with E-state index in [1.165, 1.54) is 0 Å². The molecule has 1 aromatic carbocycles. The number of hydrogen-bond donors (Lipinski definition) is 1. The Morgan fingerprint density at radius 1 is 1.33 bits per heavy atom. The molecule has 2 aromatic rings. The van der Waals surface area contributed by atoms with Gasteiger partial charge >= 0.3 is 5.69 Å². The molecular weight excluding hydrogens is 336 g/mol. The van der Waals surface area contributed by atoms with Crippen LogP contribution in [-0.2, 0) is 18.8 Å². The lowest BCUT2D eigenvalue weighted by atomic mass is 9.93. The third kappa shape index (κ3) is 2.35. The molecule has 21 heavy (non-hydrogen) atoms. The molecule has 1 aromatic heterocycles. The zero-order valence-corrected chi connectivity index (χ0v) is 13.9. The molecule has 2 heterocycles. The van der Waals surface area contributed by atoms with Crippen molar-refractivity contribution in [3.05, 3.63) is 32.7 Å². The van der Waals surface area contributed by atoms with Gasteiger partial charge in [0.25, 0.3) is 0 Å². The van der Waals surface area contributed by atoms with Gasteiger partial charge in [0, 0.05) is 24.5 Å². The quantitative estimate of drug-likeness (QED) is 0.898. The number of imidazole rings is 1. The van der Waals surface area contributed by atoms with E-state index < -0.39 is 6.10 Å². The van der Waals surface area contributed by atoms with Crippen molar-refractivity contribution < 1.29 is 9.84 Å². The highest BCUT2D eigenvalue weighted by Crippen LogP contribution is 2.36. The molecule has 1 aliphatic heterocycles. The first-order valence-electron chi connectivity index (χ1n) is 7.04. The molecule has 3 rings (SSSR count). The third-order valence-corrected chi connectivity index (χ3v) is 5.07. The van der Waals surface area contributed by atoms with Gasteiger partial charge in [-0.05, 0) is 31.0 Å². The fourth-order valence-corrected chi connectivity index (χ4v) is 3.65. The minimum atomic E-state index is -0.593. The van der Waals surface area contributed by atoms with Crippen LogP contribution in [0.15, 0.2) is 21.4 Å². The number of hydrogen-bond acceptors (Lipinski definition) is 3. The van der Waals surface area contributed by atoms with Crippen molar-refractivity contribution in [3.8, 4) is 0 Å². The Hall–Kier alpha value is -1.11. The smallest absolute Gasteiger partial charge is 0.328 e. The van der Waals surface area contributed by atoms with E-state index in [2.05, 4.69) is 15.9 Å². The van der Waals surface area contributed by atoms with Gasteiger partial charge in [-0.25, -0.2) is 4.79 Å². The van der Waals surface area contributed by atoms with Gasteiger partial charge in [-0.15, -0.1) is 0 Å². The fourth-order valence-electron chi connectivity index (χ4n) is 3.09. The van der Waals surface area contributed by atoms with Crippen molar-refractivity contribution in [1.29, 1.82) is 0 Å². The first kappa shape index (κ1) is 14.8. The molecule has 5 nitrogen and oxygen atoms in total. The summed E-state index contributed by atoms with van der Waals surface area (Å²) < 4.78 is 9.58. The van der Waals surface area contributed by atoms with Crippen LogP contribution >= 0.6 is 15.9 Å². The minimum absolute atomic E-state index is 0.0682. The Balaban J connectivity index is 2.09. The molecule has 3 unspecified atom stereocenters. The summed E-state index contributed by atoms with van der Waals surface area (Å²) in [7, 11) is 3.50. The minimum Gasteiger partial charge on any atom is -0.388 e. The van der Waals surface area contributed by atoms with Crippen molar-refractivity contribution in [3.63, 3.8) is 0 Å². The van der Waals surface area contributed by atoms with E-state index in [9.17, 15) is 9.90 Å². The summed E-state index contributed by atoms with van der Waals surface area (Å²) in [5, 5.41) is 10.6. The molecule has 0 spiro atoms. The molecule has 0 amide bonds.